The van der Waals surface area contributed by atoms with E-state index in [2.05, 4.69) is 9.80 Å². The van der Waals surface area contributed by atoms with Crippen LogP contribution < -0.4 is 4.90 Å². The smallest absolute Gasteiger partial charge is 0.475 e. The molecular weight excluding hydrogens is 475 g/mol. The molecule has 7 nitrogen and oxygen atoms in total. The molecule has 0 atom stereocenters. The fraction of sp³-hybridized carbons (Fsp3) is 0.654. The molecule has 1 saturated heterocycles. The van der Waals surface area contributed by atoms with Crippen molar-refractivity contribution in [2.45, 2.75) is 70.0 Å². The van der Waals surface area contributed by atoms with Gasteiger partial charge in [0.15, 0.2) is 5.78 Å². The lowest BCUT2D eigenvalue weighted by atomic mass is 9.94. The molecule has 0 radical (unpaired) electrons. The van der Waals surface area contributed by atoms with Crippen molar-refractivity contribution in [1.29, 1.82) is 0 Å². The van der Waals surface area contributed by atoms with Gasteiger partial charge in [-0.15, -0.1) is 0 Å². The monoisotopic (exact) mass is 511 g/mol. The van der Waals surface area contributed by atoms with E-state index in [-0.39, 0.29) is 11.7 Å². The minimum Gasteiger partial charge on any atom is -0.475 e. The number of Topliss-reactive ketones (excluding diaryl/α,β-unsaturated/α-hetero) is 1. The van der Waals surface area contributed by atoms with Gasteiger partial charge in [0, 0.05) is 57.2 Å². The van der Waals surface area contributed by atoms with E-state index < -0.39 is 12.1 Å². The summed E-state index contributed by atoms with van der Waals surface area (Å²) in [6.45, 7) is 6.61. The number of carbonyl (C=O) groups excluding carboxylic acids is 2. The van der Waals surface area contributed by atoms with Gasteiger partial charge in [0.2, 0.25) is 5.91 Å². The van der Waals surface area contributed by atoms with Crippen molar-refractivity contribution in [3.63, 3.8) is 0 Å². The van der Waals surface area contributed by atoms with Gasteiger partial charge in [-0.1, -0.05) is 31.4 Å². The third kappa shape index (κ3) is 8.03. The molecule has 1 amide bonds. The number of aliphatic carboxylic acids is 1. The molecule has 1 saturated carbocycles. The van der Waals surface area contributed by atoms with E-state index in [4.69, 9.17) is 9.90 Å². The number of carbonyl (C=O) groups is 3. The van der Waals surface area contributed by atoms with Crippen LogP contribution in [0, 0.1) is 0 Å². The molecule has 2 fully saturated rings. The molecule has 0 bridgehead atoms. The van der Waals surface area contributed by atoms with Crippen LogP contribution in [-0.2, 0) is 9.59 Å². The van der Waals surface area contributed by atoms with E-state index >= 15 is 0 Å². The summed E-state index contributed by atoms with van der Waals surface area (Å²) in [5.41, 5.74) is 1.51. The fourth-order valence-electron chi connectivity index (χ4n) is 5.22. The molecule has 1 N–H and O–H groups in total. The van der Waals surface area contributed by atoms with Gasteiger partial charge in [-0.3, -0.25) is 14.5 Å². The van der Waals surface area contributed by atoms with E-state index in [1.807, 2.05) is 29.2 Å². The van der Waals surface area contributed by atoms with Gasteiger partial charge < -0.3 is 14.9 Å². The Balaban J connectivity index is 0.000000454. The topological polar surface area (TPSA) is 81.2 Å². The number of carboxylic acids is 1. The molecule has 0 spiro atoms. The quantitative estimate of drug-likeness (QED) is 0.572. The first-order valence-electron chi connectivity index (χ1n) is 12.9. The number of nitrogens with zero attached hydrogens (tertiary/aromatic N) is 3. The molecule has 36 heavy (non-hydrogen) atoms. The second-order valence-corrected chi connectivity index (χ2v) is 9.67. The highest BCUT2D eigenvalue weighted by atomic mass is 19.4. The molecule has 3 aliphatic rings. The number of anilines is 1. The predicted molar refractivity (Wildman–Crippen MR) is 130 cm³/mol. The standard InChI is InChI=1S/C24H35N3O2.C2HF3O2/c28-23-12-13-24(29)27(22-11-5-4-10-21(22)23)15-7-6-14-25-16-18-26(19-17-25)20-8-2-1-3-9-20;3-2(4,5)1(6)7/h4-5,10-11,20H,1-3,6-9,12-19H2;(H,6,7). The maximum Gasteiger partial charge on any atom is 0.490 e. The first-order chi connectivity index (χ1) is 17.2. The third-order valence-electron chi connectivity index (χ3n) is 7.21. The van der Waals surface area contributed by atoms with Crippen molar-refractivity contribution in [3.05, 3.63) is 29.8 Å². The number of unbranched alkanes of at least 4 members (excludes halogenated alkanes) is 1. The van der Waals surface area contributed by atoms with Crippen LogP contribution in [-0.4, -0.2) is 84.1 Å². The number of carboxylic acid groups (broad SMARTS) is 1. The Kier molecular flexibility index (Phi) is 10.3. The minimum absolute atomic E-state index is 0.0874. The number of para-hydroxylation sites is 1. The zero-order chi connectivity index (χ0) is 26.1. The highest BCUT2D eigenvalue weighted by Gasteiger charge is 2.38. The summed E-state index contributed by atoms with van der Waals surface area (Å²) in [5.74, 6) is -2.58. The molecule has 0 unspecified atom stereocenters. The Labute approximate surface area is 210 Å². The first kappa shape index (κ1) is 28.1. The largest absolute Gasteiger partial charge is 0.490 e. The van der Waals surface area contributed by atoms with Crippen molar-refractivity contribution >= 4 is 23.3 Å². The van der Waals surface area contributed by atoms with Gasteiger partial charge >= 0.3 is 12.1 Å². The molecule has 1 aliphatic carbocycles. The number of rotatable bonds is 6. The first-order valence-corrected chi connectivity index (χ1v) is 12.9. The van der Waals surface area contributed by atoms with Crippen LogP contribution in [0.15, 0.2) is 24.3 Å². The predicted octanol–water partition coefficient (Wildman–Crippen LogP) is 4.36. The number of piperazine rings is 1. The normalized spacial score (nSPS) is 20.4. The van der Waals surface area contributed by atoms with Crippen LogP contribution in [0.3, 0.4) is 0 Å². The fourth-order valence-corrected chi connectivity index (χ4v) is 5.22. The maximum atomic E-state index is 12.6. The van der Waals surface area contributed by atoms with Crippen LogP contribution in [0.4, 0.5) is 18.9 Å². The summed E-state index contributed by atoms with van der Waals surface area (Å²) in [6, 6.07) is 8.42. The zero-order valence-electron chi connectivity index (χ0n) is 20.6. The third-order valence-corrected chi connectivity index (χ3v) is 7.21. The number of benzene rings is 1. The summed E-state index contributed by atoms with van der Waals surface area (Å²) in [6.07, 6.45) is 4.70. The van der Waals surface area contributed by atoms with Gasteiger partial charge in [-0.25, -0.2) is 4.79 Å². The highest BCUT2D eigenvalue weighted by molar-refractivity contribution is 6.10. The van der Waals surface area contributed by atoms with Crippen LogP contribution in [0.1, 0.15) is 68.1 Å². The van der Waals surface area contributed by atoms with Gasteiger partial charge in [-0.2, -0.15) is 13.2 Å². The molecule has 2 heterocycles. The summed E-state index contributed by atoms with van der Waals surface area (Å²) in [7, 11) is 0. The molecule has 200 valence electrons. The van der Waals surface area contributed by atoms with Crippen LogP contribution in [0.5, 0.6) is 0 Å². The maximum absolute atomic E-state index is 12.6. The molecule has 4 rings (SSSR count). The summed E-state index contributed by atoms with van der Waals surface area (Å²) < 4.78 is 31.7. The second-order valence-electron chi connectivity index (χ2n) is 9.67. The number of ketones is 1. The number of fused-ring (bicyclic) bond motifs is 1. The average molecular weight is 512 g/mol. The summed E-state index contributed by atoms with van der Waals surface area (Å²) in [5, 5.41) is 7.12. The second kappa shape index (κ2) is 13.2. The highest BCUT2D eigenvalue weighted by Crippen LogP contribution is 2.27. The van der Waals surface area contributed by atoms with Crippen molar-refractivity contribution in [3.8, 4) is 0 Å². The van der Waals surface area contributed by atoms with Crippen molar-refractivity contribution in [2.75, 3.05) is 44.2 Å². The molecule has 1 aromatic carbocycles. The summed E-state index contributed by atoms with van der Waals surface area (Å²) in [4.78, 5) is 40.9. The number of alkyl halides is 3. The summed E-state index contributed by atoms with van der Waals surface area (Å²) >= 11 is 0. The number of amides is 1. The van der Waals surface area contributed by atoms with Crippen molar-refractivity contribution < 1.29 is 32.7 Å². The lowest BCUT2D eigenvalue weighted by molar-refractivity contribution is -0.192. The van der Waals surface area contributed by atoms with Crippen LogP contribution in [0.2, 0.25) is 0 Å². The van der Waals surface area contributed by atoms with Gasteiger partial charge in [-0.05, 0) is 44.4 Å². The van der Waals surface area contributed by atoms with E-state index in [0.717, 1.165) is 31.1 Å². The molecule has 0 aromatic heterocycles. The van der Waals surface area contributed by atoms with Gasteiger partial charge in [0.05, 0.1) is 5.69 Å². The molecule has 2 aliphatic heterocycles. The van der Waals surface area contributed by atoms with Crippen molar-refractivity contribution in [1.82, 2.24) is 9.80 Å². The lowest BCUT2D eigenvalue weighted by Gasteiger charge is -2.40. The van der Waals surface area contributed by atoms with E-state index in [1.165, 1.54) is 58.3 Å². The Morgan fingerprint density at radius 3 is 2.17 bits per heavy atom. The molecular formula is C26H36F3N3O4. The van der Waals surface area contributed by atoms with Crippen molar-refractivity contribution in [2.24, 2.45) is 0 Å². The lowest BCUT2D eigenvalue weighted by Crippen LogP contribution is -2.50. The van der Waals surface area contributed by atoms with Crippen LogP contribution >= 0.6 is 0 Å². The Morgan fingerprint density at radius 1 is 0.917 bits per heavy atom. The van der Waals surface area contributed by atoms with E-state index in [0.29, 0.717) is 24.9 Å². The van der Waals surface area contributed by atoms with Gasteiger partial charge in [0.25, 0.3) is 0 Å². The Hall–Kier alpha value is -2.46. The Bertz CT molecular complexity index is 895. The van der Waals surface area contributed by atoms with E-state index in [9.17, 15) is 22.8 Å². The Morgan fingerprint density at radius 2 is 1.53 bits per heavy atom. The number of hydrogen-bond acceptors (Lipinski definition) is 5. The zero-order valence-corrected chi connectivity index (χ0v) is 20.6. The van der Waals surface area contributed by atoms with Crippen LogP contribution in [0.25, 0.3) is 0 Å². The number of halogens is 3. The average Bonchev–Trinajstić information content (AvgIpc) is 2.99. The minimum atomic E-state index is -5.08. The SMILES string of the molecule is O=C(O)C(F)(F)F.O=C1CCC(=O)N(CCCCN2CCN(C3CCCCC3)CC2)c2ccccc21. The molecule has 10 heteroatoms. The number of hydrogen-bond donors (Lipinski definition) is 1. The molecule has 1 aromatic rings. The van der Waals surface area contributed by atoms with E-state index in [1.54, 1.807) is 0 Å². The van der Waals surface area contributed by atoms with Gasteiger partial charge in [0.1, 0.15) is 0 Å².